The van der Waals surface area contributed by atoms with Crippen molar-refractivity contribution in [3.05, 3.63) is 30.3 Å². The quantitative estimate of drug-likeness (QED) is 0.343. The Bertz CT molecular complexity index is 740. The molecule has 0 unspecified atom stereocenters. The number of rotatable bonds is 6. The van der Waals surface area contributed by atoms with Crippen molar-refractivity contribution in [2.45, 2.75) is 43.1 Å². The molecular formula is C15H17F4NO5S. The summed E-state index contributed by atoms with van der Waals surface area (Å²) in [6.07, 6.45) is -5.33. The van der Waals surface area contributed by atoms with Crippen LogP contribution in [0.3, 0.4) is 0 Å². The van der Waals surface area contributed by atoms with E-state index in [1.807, 2.05) is 0 Å². The molecule has 1 aliphatic rings. The summed E-state index contributed by atoms with van der Waals surface area (Å²) >= 11 is 0. The number of hydrogen-bond acceptors (Lipinski definition) is 6. The molecule has 0 bridgehead atoms. The highest BCUT2D eigenvalue weighted by Crippen LogP contribution is 2.40. The minimum atomic E-state index is -5.99. The molecule has 146 valence electrons. The van der Waals surface area contributed by atoms with Crippen LogP contribution in [0.2, 0.25) is 0 Å². The monoisotopic (exact) mass is 399 g/mol. The fraction of sp³-hybridized carbons (Fsp3) is 0.533. The molecule has 3 atom stereocenters. The summed E-state index contributed by atoms with van der Waals surface area (Å²) in [6, 6.07) is 8.08. The SMILES string of the molecule is CCOC(=O)[C@]1(Nc2ccccc2)C[C@H](OS(=O)(=O)C(F)(F)F)[C@@H](F)C1. The maximum Gasteiger partial charge on any atom is 0.523 e. The van der Waals surface area contributed by atoms with Crippen LogP contribution in [0.5, 0.6) is 0 Å². The molecule has 0 saturated heterocycles. The van der Waals surface area contributed by atoms with E-state index in [9.17, 15) is 30.8 Å². The molecule has 1 N–H and O–H groups in total. The molecule has 1 fully saturated rings. The first-order valence-electron chi connectivity index (χ1n) is 7.65. The van der Waals surface area contributed by atoms with Crippen LogP contribution in [-0.2, 0) is 23.8 Å². The fourth-order valence-electron chi connectivity index (χ4n) is 2.72. The number of nitrogens with one attached hydrogen (secondary N) is 1. The van der Waals surface area contributed by atoms with Crippen LogP contribution in [0, 0.1) is 0 Å². The van der Waals surface area contributed by atoms with Crippen molar-refractivity contribution < 1.29 is 39.7 Å². The van der Waals surface area contributed by atoms with E-state index in [2.05, 4.69) is 9.50 Å². The van der Waals surface area contributed by atoms with Gasteiger partial charge in [-0.2, -0.15) is 21.6 Å². The van der Waals surface area contributed by atoms with Crippen molar-refractivity contribution in [3.63, 3.8) is 0 Å². The predicted molar refractivity (Wildman–Crippen MR) is 83.4 cm³/mol. The number of carbonyl (C=O) groups excluding carboxylic acids is 1. The Hall–Kier alpha value is -1.88. The maximum atomic E-state index is 14.3. The Balaban J connectivity index is 2.29. The van der Waals surface area contributed by atoms with Crippen molar-refractivity contribution in [1.29, 1.82) is 0 Å². The average Bonchev–Trinajstić information content (AvgIpc) is 2.84. The van der Waals surface area contributed by atoms with Crippen LogP contribution < -0.4 is 5.32 Å². The molecule has 0 spiro atoms. The van der Waals surface area contributed by atoms with Gasteiger partial charge in [0.05, 0.1) is 6.61 Å². The fourth-order valence-corrected chi connectivity index (χ4v) is 3.34. The number of ether oxygens (including phenoxy) is 1. The number of benzene rings is 1. The molecule has 0 aliphatic heterocycles. The third kappa shape index (κ3) is 4.26. The third-order valence-corrected chi connectivity index (χ3v) is 4.92. The van der Waals surface area contributed by atoms with E-state index in [4.69, 9.17) is 4.74 Å². The van der Waals surface area contributed by atoms with E-state index in [1.54, 1.807) is 30.3 Å². The average molecular weight is 399 g/mol. The maximum absolute atomic E-state index is 14.3. The molecular weight excluding hydrogens is 382 g/mol. The number of esters is 1. The summed E-state index contributed by atoms with van der Waals surface area (Å²) in [5.74, 6) is -0.901. The van der Waals surface area contributed by atoms with E-state index >= 15 is 0 Å². The van der Waals surface area contributed by atoms with Crippen molar-refractivity contribution in [2.24, 2.45) is 0 Å². The number of anilines is 1. The first-order chi connectivity index (χ1) is 12.0. The Labute approximate surface area is 147 Å². The minimum Gasteiger partial charge on any atom is -0.464 e. The molecule has 6 nitrogen and oxygen atoms in total. The molecule has 0 radical (unpaired) electrons. The van der Waals surface area contributed by atoms with Crippen LogP contribution in [0.1, 0.15) is 19.8 Å². The molecule has 0 aromatic heterocycles. The van der Waals surface area contributed by atoms with Gasteiger partial charge in [0, 0.05) is 18.5 Å². The third-order valence-electron chi connectivity index (χ3n) is 3.85. The van der Waals surface area contributed by atoms with Gasteiger partial charge in [0.25, 0.3) is 0 Å². The van der Waals surface area contributed by atoms with E-state index < -0.39 is 52.3 Å². The lowest BCUT2D eigenvalue weighted by Gasteiger charge is -2.29. The lowest BCUT2D eigenvalue weighted by atomic mass is 9.96. The first kappa shape index (κ1) is 20.4. The standard InChI is InChI=1S/C15H17F4NO5S/c1-2-24-13(21)14(20-10-6-4-3-5-7-10)8-11(16)12(9-14)25-26(22,23)15(17,18)19/h3-7,11-12,20H,2,8-9H2,1H3/t11-,12-,14+/m0/s1. The molecule has 26 heavy (non-hydrogen) atoms. The molecule has 2 rings (SSSR count). The van der Waals surface area contributed by atoms with Gasteiger partial charge in [0.1, 0.15) is 17.8 Å². The van der Waals surface area contributed by atoms with Crippen molar-refractivity contribution in [2.75, 3.05) is 11.9 Å². The van der Waals surface area contributed by atoms with Gasteiger partial charge in [0.15, 0.2) is 0 Å². The summed E-state index contributed by atoms with van der Waals surface area (Å²) in [5.41, 5.74) is -7.04. The van der Waals surface area contributed by atoms with Gasteiger partial charge in [-0.25, -0.2) is 9.18 Å². The number of para-hydroxylation sites is 1. The first-order valence-corrected chi connectivity index (χ1v) is 9.05. The Morgan fingerprint density at radius 2 is 1.88 bits per heavy atom. The van der Waals surface area contributed by atoms with Crippen molar-refractivity contribution >= 4 is 21.8 Å². The topological polar surface area (TPSA) is 81.7 Å². The second-order valence-electron chi connectivity index (χ2n) is 5.75. The molecule has 0 heterocycles. The Morgan fingerprint density at radius 1 is 1.27 bits per heavy atom. The zero-order valence-corrected chi connectivity index (χ0v) is 14.4. The summed E-state index contributed by atoms with van der Waals surface area (Å²) in [4.78, 5) is 12.3. The van der Waals surface area contributed by atoms with Gasteiger partial charge in [-0.15, -0.1) is 0 Å². The van der Waals surface area contributed by atoms with Gasteiger partial charge >= 0.3 is 21.6 Å². The van der Waals surface area contributed by atoms with E-state index in [1.165, 1.54) is 6.92 Å². The number of alkyl halides is 4. The second kappa shape index (κ2) is 7.39. The number of hydrogen-bond donors (Lipinski definition) is 1. The molecule has 1 saturated carbocycles. The van der Waals surface area contributed by atoms with Crippen LogP contribution in [-0.4, -0.2) is 44.3 Å². The Morgan fingerprint density at radius 3 is 2.42 bits per heavy atom. The normalized spacial score (nSPS) is 26.5. The van der Waals surface area contributed by atoms with Crippen LogP contribution in [0.4, 0.5) is 23.2 Å². The van der Waals surface area contributed by atoms with Crippen LogP contribution >= 0.6 is 0 Å². The summed E-state index contributed by atoms with van der Waals surface area (Å²) < 4.78 is 83.0. The summed E-state index contributed by atoms with van der Waals surface area (Å²) in [5, 5.41) is 2.75. The molecule has 1 aromatic rings. The summed E-state index contributed by atoms with van der Waals surface area (Å²) in [7, 11) is -5.99. The highest BCUT2D eigenvalue weighted by atomic mass is 32.2. The van der Waals surface area contributed by atoms with Gasteiger partial charge in [0.2, 0.25) is 0 Å². The van der Waals surface area contributed by atoms with Crippen LogP contribution in [0.15, 0.2) is 30.3 Å². The second-order valence-corrected chi connectivity index (χ2v) is 7.32. The molecule has 11 heteroatoms. The van der Waals surface area contributed by atoms with E-state index in [-0.39, 0.29) is 6.61 Å². The summed E-state index contributed by atoms with van der Waals surface area (Å²) in [6.45, 7) is 1.47. The predicted octanol–water partition coefficient (Wildman–Crippen LogP) is 2.77. The molecule has 1 aromatic carbocycles. The smallest absolute Gasteiger partial charge is 0.464 e. The molecule has 1 aliphatic carbocycles. The number of carbonyl (C=O) groups is 1. The lowest BCUT2D eigenvalue weighted by molar-refractivity contribution is -0.148. The van der Waals surface area contributed by atoms with Gasteiger partial charge < -0.3 is 10.1 Å². The minimum absolute atomic E-state index is 0.0413. The zero-order chi connectivity index (χ0) is 19.6. The van der Waals surface area contributed by atoms with Gasteiger partial charge in [-0.1, -0.05) is 18.2 Å². The zero-order valence-electron chi connectivity index (χ0n) is 13.6. The highest BCUT2D eigenvalue weighted by molar-refractivity contribution is 7.87. The van der Waals surface area contributed by atoms with Gasteiger partial charge in [-0.05, 0) is 19.1 Å². The van der Waals surface area contributed by atoms with Crippen LogP contribution in [0.25, 0.3) is 0 Å². The van der Waals surface area contributed by atoms with E-state index in [0.717, 1.165) is 0 Å². The lowest BCUT2D eigenvalue weighted by Crippen LogP contribution is -2.46. The number of halogens is 4. The van der Waals surface area contributed by atoms with E-state index in [0.29, 0.717) is 5.69 Å². The van der Waals surface area contributed by atoms with Crippen molar-refractivity contribution in [1.82, 2.24) is 0 Å². The van der Waals surface area contributed by atoms with Gasteiger partial charge in [-0.3, -0.25) is 4.18 Å². The molecule has 0 amide bonds. The Kier molecular flexibility index (Phi) is 5.81. The van der Waals surface area contributed by atoms with Crippen molar-refractivity contribution in [3.8, 4) is 0 Å². The highest BCUT2D eigenvalue weighted by Gasteiger charge is 2.57. The largest absolute Gasteiger partial charge is 0.523 e.